The summed E-state index contributed by atoms with van der Waals surface area (Å²) in [5, 5.41) is 5.67. The summed E-state index contributed by atoms with van der Waals surface area (Å²) < 4.78 is 5.39. The average molecular weight is 569 g/mol. The number of ether oxygens (including phenoxy) is 1. The molecule has 0 spiro atoms. The topological polar surface area (TPSA) is 129 Å². The number of aromatic amines is 1. The van der Waals surface area contributed by atoms with Crippen molar-refractivity contribution in [3.8, 4) is 0 Å². The van der Waals surface area contributed by atoms with E-state index in [0.717, 1.165) is 11.1 Å². The molecule has 1 atom stereocenters. The van der Waals surface area contributed by atoms with E-state index in [-0.39, 0.29) is 37.4 Å². The molecule has 0 saturated carbocycles. The number of nitrogens with zero attached hydrogens (tertiary/aromatic N) is 3. The van der Waals surface area contributed by atoms with Crippen LogP contribution in [0.4, 0.5) is 4.79 Å². The van der Waals surface area contributed by atoms with Gasteiger partial charge in [0.15, 0.2) is 0 Å². The van der Waals surface area contributed by atoms with E-state index < -0.39 is 18.0 Å². The first-order chi connectivity index (χ1) is 20.3. The fourth-order valence-electron chi connectivity index (χ4n) is 4.38. The van der Waals surface area contributed by atoms with Gasteiger partial charge in [0.05, 0.1) is 25.1 Å². The van der Waals surface area contributed by atoms with Crippen molar-refractivity contribution in [1.29, 1.82) is 0 Å². The van der Waals surface area contributed by atoms with Gasteiger partial charge < -0.3 is 25.3 Å². The number of benzene rings is 2. The second-order valence-corrected chi connectivity index (χ2v) is 10.6. The lowest BCUT2D eigenvalue weighted by Crippen LogP contribution is -2.52. The number of H-pyrrole nitrogens is 1. The number of aromatic nitrogens is 3. The molecular weight excluding hydrogens is 532 g/mol. The van der Waals surface area contributed by atoms with Crippen molar-refractivity contribution < 1.29 is 19.1 Å². The molecule has 4 aromatic rings. The van der Waals surface area contributed by atoms with Crippen LogP contribution < -0.4 is 10.6 Å². The Morgan fingerprint density at radius 1 is 0.976 bits per heavy atom. The minimum atomic E-state index is -1.02. The molecule has 42 heavy (non-hydrogen) atoms. The first-order valence-electron chi connectivity index (χ1n) is 13.8. The summed E-state index contributed by atoms with van der Waals surface area (Å²) >= 11 is 0. The molecule has 2 aromatic heterocycles. The number of nitrogens with one attached hydrogen (secondary N) is 3. The van der Waals surface area contributed by atoms with Crippen LogP contribution in [0.25, 0.3) is 0 Å². The molecule has 2 heterocycles. The lowest BCUT2D eigenvalue weighted by Gasteiger charge is -2.29. The second kappa shape index (κ2) is 14.6. The highest BCUT2D eigenvalue weighted by molar-refractivity contribution is 5.89. The highest BCUT2D eigenvalue weighted by atomic mass is 16.5. The summed E-state index contributed by atoms with van der Waals surface area (Å²) in [4.78, 5) is 52.7. The van der Waals surface area contributed by atoms with Gasteiger partial charge in [-0.15, -0.1) is 0 Å². The van der Waals surface area contributed by atoms with E-state index in [0.29, 0.717) is 17.9 Å². The number of hydrogen-bond donors (Lipinski definition) is 3. The number of rotatable bonds is 13. The Balaban J connectivity index is 1.48. The van der Waals surface area contributed by atoms with Gasteiger partial charge in [-0.1, -0.05) is 80.6 Å². The van der Waals surface area contributed by atoms with Gasteiger partial charge in [-0.3, -0.25) is 14.6 Å². The van der Waals surface area contributed by atoms with Crippen molar-refractivity contribution in [2.45, 2.75) is 44.9 Å². The van der Waals surface area contributed by atoms with Gasteiger partial charge in [0.1, 0.15) is 12.6 Å². The van der Waals surface area contributed by atoms with Crippen LogP contribution in [-0.2, 0) is 39.3 Å². The van der Waals surface area contributed by atoms with Crippen LogP contribution in [0.3, 0.4) is 0 Å². The fraction of sp³-hybridized carbons (Fsp3) is 0.281. The van der Waals surface area contributed by atoms with E-state index in [4.69, 9.17) is 4.74 Å². The predicted molar refractivity (Wildman–Crippen MR) is 158 cm³/mol. The van der Waals surface area contributed by atoms with Gasteiger partial charge in [0, 0.05) is 36.5 Å². The van der Waals surface area contributed by atoms with Crippen LogP contribution in [0.5, 0.6) is 0 Å². The number of pyridine rings is 1. The van der Waals surface area contributed by atoms with E-state index >= 15 is 0 Å². The van der Waals surface area contributed by atoms with Gasteiger partial charge in [-0.2, -0.15) is 0 Å². The van der Waals surface area contributed by atoms with Crippen molar-refractivity contribution in [1.82, 2.24) is 30.5 Å². The summed E-state index contributed by atoms with van der Waals surface area (Å²) in [6.45, 7) is 4.38. The van der Waals surface area contributed by atoms with Crippen LogP contribution >= 0.6 is 0 Å². The Labute approximate surface area is 245 Å². The molecule has 4 rings (SSSR count). The maximum Gasteiger partial charge on any atom is 0.408 e. The van der Waals surface area contributed by atoms with Crippen LogP contribution in [0, 0.1) is 0 Å². The van der Waals surface area contributed by atoms with E-state index in [1.54, 1.807) is 24.5 Å². The van der Waals surface area contributed by atoms with Crippen molar-refractivity contribution in [3.63, 3.8) is 0 Å². The average Bonchev–Trinajstić information content (AvgIpc) is 3.53. The molecule has 2 aromatic carbocycles. The van der Waals surface area contributed by atoms with E-state index in [1.807, 2.05) is 80.6 Å². The Bertz CT molecular complexity index is 1410. The molecule has 0 aliphatic carbocycles. The molecule has 0 aliphatic rings. The summed E-state index contributed by atoms with van der Waals surface area (Å²) in [7, 11) is 0. The largest absolute Gasteiger partial charge is 0.445 e. The molecule has 0 fully saturated rings. The summed E-state index contributed by atoms with van der Waals surface area (Å²) in [5.41, 5.74) is 2.83. The maximum atomic E-state index is 14.0. The minimum absolute atomic E-state index is 0.0505. The third-order valence-electron chi connectivity index (χ3n) is 6.79. The number of carbonyl (C=O) groups excluding carboxylic acids is 3. The van der Waals surface area contributed by atoms with Gasteiger partial charge >= 0.3 is 6.09 Å². The number of carbonyl (C=O) groups is 3. The summed E-state index contributed by atoms with van der Waals surface area (Å²) in [6.07, 6.45) is 4.09. The van der Waals surface area contributed by atoms with E-state index in [1.165, 1.54) is 11.2 Å². The standard InChI is InChI=1S/C32H36N6O4/c1-32(2,25-13-7-4-8-14-25)22-35-29(39)20-38(19-26-15-9-10-16-34-26)30(40)28(17-27-18-33-23-36-27)37-31(41)42-21-24-11-5-3-6-12-24/h3-16,18,23,28H,17,19-22H2,1-2H3,(H,33,36)(H,35,39)(H,37,41). The zero-order chi connectivity index (χ0) is 29.8. The third kappa shape index (κ3) is 9.02. The summed E-state index contributed by atoms with van der Waals surface area (Å²) in [6, 6.07) is 23.5. The Morgan fingerprint density at radius 2 is 1.69 bits per heavy atom. The second-order valence-electron chi connectivity index (χ2n) is 10.6. The molecule has 10 heteroatoms. The van der Waals surface area contributed by atoms with Crippen LogP contribution in [0.15, 0.2) is 97.6 Å². The first-order valence-corrected chi connectivity index (χ1v) is 13.8. The van der Waals surface area contributed by atoms with Crippen LogP contribution in [0.2, 0.25) is 0 Å². The zero-order valence-corrected chi connectivity index (χ0v) is 23.8. The van der Waals surface area contributed by atoms with Gasteiger partial charge in [-0.05, 0) is 23.3 Å². The monoisotopic (exact) mass is 568 g/mol. The van der Waals surface area contributed by atoms with Crippen LogP contribution in [0.1, 0.15) is 36.4 Å². The number of hydrogen-bond acceptors (Lipinski definition) is 6. The minimum Gasteiger partial charge on any atom is -0.445 e. The SMILES string of the molecule is CC(C)(CNC(=O)CN(Cc1ccccn1)C(=O)C(Cc1cnc[nH]1)NC(=O)OCc1ccccc1)c1ccccc1. The van der Waals surface area contributed by atoms with Crippen molar-refractivity contribution in [2.75, 3.05) is 13.1 Å². The third-order valence-corrected chi connectivity index (χ3v) is 6.79. The Hall–Kier alpha value is -4.99. The number of imidazole rings is 1. The van der Waals surface area contributed by atoms with Gasteiger partial charge in [-0.25, -0.2) is 9.78 Å². The van der Waals surface area contributed by atoms with Crippen molar-refractivity contribution in [3.05, 3.63) is 120 Å². The molecular formula is C32H36N6O4. The van der Waals surface area contributed by atoms with Crippen molar-refractivity contribution in [2.24, 2.45) is 0 Å². The maximum absolute atomic E-state index is 14.0. The molecule has 0 bridgehead atoms. The highest BCUT2D eigenvalue weighted by Gasteiger charge is 2.30. The normalized spacial score (nSPS) is 11.8. The van der Waals surface area contributed by atoms with E-state index in [2.05, 4.69) is 25.6 Å². The highest BCUT2D eigenvalue weighted by Crippen LogP contribution is 2.21. The molecule has 218 valence electrons. The molecule has 1 unspecified atom stereocenters. The lowest BCUT2D eigenvalue weighted by molar-refractivity contribution is -0.138. The molecule has 0 aliphatic heterocycles. The Kier molecular flexibility index (Phi) is 10.4. The van der Waals surface area contributed by atoms with Gasteiger partial charge in [0.2, 0.25) is 11.8 Å². The number of amides is 3. The predicted octanol–water partition coefficient (Wildman–Crippen LogP) is 3.77. The first kappa shape index (κ1) is 30.0. The van der Waals surface area contributed by atoms with E-state index in [9.17, 15) is 14.4 Å². The molecule has 10 nitrogen and oxygen atoms in total. The lowest BCUT2D eigenvalue weighted by atomic mass is 9.84. The Morgan fingerprint density at radius 3 is 2.36 bits per heavy atom. The van der Waals surface area contributed by atoms with Gasteiger partial charge in [0.25, 0.3) is 0 Å². The number of alkyl carbamates (subject to hydrolysis) is 1. The fourth-order valence-corrected chi connectivity index (χ4v) is 4.38. The zero-order valence-electron chi connectivity index (χ0n) is 23.8. The van der Waals surface area contributed by atoms with Crippen molar-refractivity contribution >= 4 is 17.9 Å². The smallest absolute Gasteiger partial charge is 0.408 e. The molecule has 0 saturated heterocycles. The summed E-state index contributed by atoms with van der Waals surface area (Å²) in [5.74, 6) is -0.778. The quantitative estimate of drug-likeness (QED) is 0.225. The molecule has 3 amide bonds. The molecule has 0 radical (unpaired) electrons. The molecule has 3 N–H and O–H groups in total. The van der Waals surface area contributed by atoms with Crippen LogP contribution in [-0.4, -0.2) is 56.9 Å².